The third-order valence-corrected chi connectivity index (χ3v) is 3.24. The van der Waals surface area contributed by atoms with Crippen LogP contribution < -0.4 is 5.32 Å². The van der Waals surface area contributed by atoms with Gasteiger partial charge in [0.15, 0.2) is 6.10 Å². The largest absolute Gasteiger partial charge is 0.508 e. The van der Waals surface area contributed by atoms with Crippen molar-refractivity contribution in [3.05, 3.63) is 58.9 Å². The molecule has 2 rings (SSSR count). The molecule has 0 saturated carbocycles. The number of ether oxygens (including phenoxy) is 1. The van der Waals surface area contributed by atoms with Crippen LogP contribution in [0.4, 0.5) is 10.1 Å². The minimum absolute atomic E-state index is 0.0323. The number of halogens is 2. The van der Waals surface area contributed by atoms with Gasteiger partial charge in [-0.3, -0.25) is 4.79 Å². The summed E-state index contributed by atoms with van der Waals surface area (Å²) >= 11 is 5.81. The third kappa shape index (κ3) is 4.43. The fourth-order valence-corrected chi connectivity index (χ4v) is 1.95. The number of hydrogen-bond acceptors (Lipinski definition) is 4. The fraction of sp³-hybridized carbons (Fsp3) is 0.125. The first kappa shape index (κ1) is 16.8. The molecule has 0 aromatic heterocycles. The molecule has 0 spiro atoms. The van der Waals surface area contributed by atoms with Crippen molar-refractivity contribution in [1.29, 1.82) is 0 Å². The van der Waals surface area contributed by atoms with Crippen molar-refractivity contribution < 1.29 is 23.8 Å². The number of anilines is 1. The monoisotopic (exact) mass is 337 g/mol. The number of benzene rings is 2. The Morgan fingerprint density at radius 2 is 2.00 bits per heavy atom. The van der Waals surface area contributed by atoms with Gasteiger partial charge in [-0.25, -0.2) is 9.18 Å². The predicted molar refractivity (Wildman–Crippen MR) is 83.0 cm³/mol. The molecule has 0 aliphatic carbocycles. The number of esters is 1. The predicted octanol–water partition coefficient (Wildman–Crippen LogP) is 3.37. The molecule has 0 heterocycles. The van der Waals surface area contributed by atoms with Crippen molar-refractivity contribution in [3.63, 3.8) is 0 Å². The van der Waals surface area contributed by atoms with Crippen molar-refractivity contribution in [2.75, 3.05) is 5.32 Å². The van der Waals surface area contributed by atoms with Gasteiger partial charge in [-0.2, -0.15) is 0 Å². The van der Waals surface area contributed by atoms with Crippen molar-refractivity contribution in [1.82, 2.24) is 0 Å². The van der Waals surface area contributed by atoms with Crippen molar-refractivity contribution in [2.45, 2.75) is 13.0 Å². The Morgan fingerprint density at radius 3 is 2.65 bits per heavy atom. The number of carbonyl (C=O) groups is 2. The smallest absolute Gasteiger partial charge is 0.339 e. The van der Waals surface area contributed by atoms with E-state index in [1.807, 2.05) is 0 Å². The lowest BCUT2D eigenvalue weighted by molar-refractivity contribution is -0.123. The maximum atomic E-state index is 12.9. The molecular formula is C16H13ClFNO4. The van der Waals surface area contributed by atoms with E-state index in [0.29, 0.717) is 0 Å². The van der Waals surface area contributed by atoms with E-state index in [0.717, 1.165) is 12.1 Å². The second-order valence-corrected chi connectivity index (χ2v) is 5.12. The van der Waals surface area contributed by atoms with Crippen molar-refractivity contribution in [2.24, 2.45) is 0 Å². The first-order valence-corrected chi connectivity index (χ1v) is 7.00. The summed E-state index contributed by atoms with van der Waals surface area (Å²) in [7, 11) is 0. The molecule has 1 amide bonds. The average Bonchev–Trinajstić information content (AvgIpc) is 2.49. The highest BCUT2D eigenvalue weighted by atomic mass is 35.5. The second kappa shape index (κ2) is 7.11. The molecule has 0 saturated heterocycles. The van der Waals surface area contributed by atoms with E-state index in [1.54, 1.807) is 0 Å². The van der Waals surface area contributed by atoms with Gasteiger partial charge in [0.1, 0.15) is 11.6 Å². The summed E-state index contributed by atoms with van der Waals surface area (Å²) in [6.07, 6.45) is -1.11. The van der Waals surface area contributed by atoms with Crippen LogP contribution in [0.1, 0.15) is 17.3 Å². The topological polar surface area (TPSA) is 75.6 Å². The van der Waals surface area contributed by atoms with Gasteiger partial charge >= 0.3 is 5.97 Å². The highest BCUT2D eigenvalue weighted by Gasteiger charge is 2.20. The summed E-state index contributed by atoms with van der Waals surface area (Å²) in [5.41, 5.74) is 0.322. The first-order chi connectivity index (χ1) is 10.9. The minimum atomic E-state index is -1.11. The number of hydrogen-bond donors (Lipinski definition) is 2. The average molecular weight is 338 g/mol. The van der Waals surface area contributed by atoms with Crippen LogP contribution in [0.5, 0.6) is 5.75 Å². The summed E-state index contributed by atoms with van der Waals surface area (Å²) in [5, 5.41) is 11.8. The van der Waals surface area contributed by atoms with E-state index in [9.17, 15) is 19.1 Å². The van der Waals surface area contributed by atoms with Gasteiger partial charge in [-0.05, 0) is 43.3 Å². The zero-order valence-electron chi connectivity index (χ0n) is 12.0. The number of phenolic OH excluding ortho intramolecular Hbond substituents is 1. The SMILES string of the molecule is C[C@H](OC(=O)c1cccc(O)c1)C(=O)Nc1ccc(F)cc1Cl. The van der Waals surface area contributed by atoms with E-state index < -0.39 is 23.8 Å². The number of phenols is 1. The van der Waals surface area contributed by atoms with Gasteiger partial charge in [-0.1, -0.05) is 17.7 Å². The molecule has 23 heavy (non-hydrogen) atoms. The highest BCUT2D eigenvalue weighted by Crippen LogP contribution is 2.22. The molecule has 7 heteroatoms. The number of amides is 1. The van der Waals surface area contributed by atoms with Crippen LogP contribution in [0.2, 0.25) is 5.02 Å². The van der Waals surface area contributed by atoms with E-state index >= 15 is 0 Å². The zero-order valence-corrected chi connectivity index (χ0v) is 12.8. The number of rotatable bonds is 4. The van der Waals surface area contributed by atoms with Crippen LogP contribution in [-0.2, 0) is 9.53 Å². The summed E-state index contributed by atoms with van der Waals surface area (Å²) in [6, 6.07) is 9.07. The molecule has 0 fully saturated rings. The molecule has 0 aliphatic heterocycles. The first-order valence-electron chi connectivity index (χ1n) is 6.63. The molecule has 2 aromatic rings. The quantitative estimate of drug-likeness (QED) is 0.839. The molecule has 2 aromatic carbocycles. The normalized spacial score (nSPS) is 11.6. The van der Waals surface area contributed by atoms with Crippen LogP contribution in [0.25, 0.3) is 0 Å². The fourth-order valence-electron chi connectivity index (χ4n) is 1.74. The summed E-state index contributed by atoms with van der Waals surface area (Å²) in [4.78, 5) is 23.9. The molecule has 2 N–H and O–H groups in total. The van der Waals surface area contributed by atoms with Crippen LogP contribution in [0.15, 0.2) is 42.5 Å². The van der Waals surface area contributed by atoms with E-state index in [-0.39, 0.29) is 22.0 Å². The van der Waals surface area contributed by atoms with Gasteiger partial charge in [0.25, 0.3) is 5.91 Å². The van der Waals surface area contributed by atoms with E-state index in [2.05, 4.69) is 5.32 Å². The Kier molecular flexibility index (Phi) is 5.18. The summed E-state index contributed by atoms with van der Waals surface area (Å²) in [5.74, 6) is -1.99. The lowest BCUT2D eigenvalue weighted by Crippen LogP contribution is -2.30. The second-order valence-electron chi connectivity index (χ2n) is 4.71. The highest BCUT2D eigenvalue weighted by molar-refractivity contribution is 6.33. The van der Waals surface area contributed by atoms with Crippen LogP contribution in [0.3, 0.4) is 0 Å². The van der Waals surface area contributed by atoms with Gasteiger partial charge in [0.2, 0.25) is 0 Å². The lowest BCUT2D eigenvalue weighted by atomic mass is 10.2. The van der Waals surface area contributed by atoms with Crippen LogP contribution in [-0.4, -0.2) is 23.1 Å². The standard InChI is InChI=1S/C16H13ClFNO4/c1-9(23-16(22)10-3-2-4-12(20)7-10)15(21)19-14-6-5-11(18)8-13(14)17/h2-9,20H,1H3,(H,19,21)/t9-/m0/s1. The lowest BCUT2D eigenvalue weighted by Gasteiger charge is -2.14. The number of carbonyl (C=O) groups excluding carboxylic acids is 2. The van der Waals surface area contributed by atoms with E-state index in [4.69, 9.17) is 16.3 Å². The Balaban J connectivity index is 2.01. The molecular weight excluding hydrogens is 325 g/mol. The van der Waals surface area contributed by atoms with Crippen molar-refractivity contribution in [3.8, 4) is 5.75 Å². The van der Waals surface area contributed by atoms with Gasteiger partial charge in [0, 0.05) is 0 Å². The Hall–Kier alpha value is -2.60. The Labute approximate surface area is 136 Å². The van der Waals surface area contributed by atoms with Crippen molar-refractivity contribution >= 4 is 29.2 Å². The summed E-state index contributed by atoms with van der Waals surface area (Å²) < 4.78 is 18.0. The Morgan fingerprint density at radius 1 is 1.26 bits per heavy atom. The molecule has 1 atom stereocenters. The van der Waals surface area contributed by atoms with Crippen LogP contribution >= 0.6 is 11.6 Å². The molecule has 120 valence electrons. The maximum Gasteiger partial charge on any atom is 0.339 e. The zero-order chi connectivity index (χ0) is 17.0. The molecule has 0 aliphatic rings. The summed E-state index contributed by atoms with van der Waals surface area (Å²) in [6.45, 7) is 1.38. The number of nitrogens with one attached hydrogen (secondary N) is 1. The van der Waals surface area contributed by atoms with E-state index in [1.165, 1.54) is 37.3 Å². The Bertz CT molecular complexity index is 751. The minimum Gasteiger partial charge on any atom is -0.508 e. The van der Waals surface area contributed by atoms with Gasteiger partial charge in [-0.15, -0.1) is 0 Å². The number of aromatic hydroxyl groups is 1. The molecule has 5 nitrogen and oxygen atoms in total. The van der Waals surface area contributed by atoms with Crippen LogP contribution in [0, 0.1) is 5.82 Å². The van der Waals surface area contributed by atoms with Gasteiger partial charge < -0.3 is 15.2 Å². The van der Waals surface area contributed by atoms with Gasteiger partial charge in [0.05, 0.1) is 16.3 Å². The molecule has 0 bridgehead atoms. The third-order valence-electron chi connectivity index (χ3n) is 2.92. The maximum absolute atomic E-state index is 12.9. The molecule has 0 unspecified atom stereocenters. The molecule has 0 radical (unpaired) electrons.